The monoisotopic (exact) mass is 422 g/mol. The van der Waals surface area contributed by atoms with E-state index in [0.29, 0.717) is 0 Å². The second-order valence-electron chi connectivity index (χ2n) is 6.03. The first kappa shape index (κ1) is 33.5. The second kappa shape index (κ2) is 21.3. The summed E-state index contributed by atoms with van der Waals surface area (Å²) < 4.78 is 28.3. The van der Waals surface area contributed by atoms with E-state index in [1.807, 2.05) is 53.7 Å². The van der Waals surface area contributed by atoms with Crippen molar-refractivity contribution >= 4 is 15.6 Å². The summed E-state index contributed by atoms with van der Waals surface area (Å²) in [6.07, 6.45) is 6.64. The Morgan fingerprint density at radius 2 is 0.962 bits per heavy atom. The highest BCUT2D eigenvalue weighted by molar-refractivity contribution is 7.46. The van der Waals surface area contributed by atoms with Gasteiger partial charge in [0.05, 0.1) is 13.2 Å². The molecule has 0 aromatic heterocycles. The number of hydrogen-bond donors (Lipinski definition) is 4. The molecule has 0 unspecified atom stereocenters. The summed E-state index contributed by atoms with van der Waals surface area (Å²) in [6.45, 7) is 15.8. The third-order valence-corrected chi connectivity index (χ3v) is 2.96. The molecule has 0 heterocycles. The molecule has 162 valence electrons. The number of unbranched alkanes of at least 4 members (excludes halogenated alkanes) is 1. The van der Waals surface area contributed by atoms with E-state index in [-0.39, 0.29) is 25.0 Å². The summed E-state index contributed by atoms with van der Waals surface area (Å²) in [5.74, 6) is 0.301. The summed E-state index contributed by atoms with van der Waals surface area (Å²) in [5, 5.41) is 0. The first-order valence-electron chi connectivity index (χ1n) is 8.64. The Balaban J connectivity index is -0.000000134. The van der Waals surface area contributed by atoms with Gasteiger partial charge in [-0.05, 0) is 25.7 Å². The van der Waals surface area contributed by atoms with Gasteiger partial charge in [0.25, 0.3) is 0 Å². The van der Waals surface area contributed by atoms with Crippen molar-refractivity contribution in [2.75, 3.05) is 13.2 Å². The maximum absolute atomic E-state index is 10.0. The van der Waals surface area contributed by atoms with Crippen molar-refractivity contribution in [3.8, 4) is 0 Å². The van der Waals surface area contributed by atoms with Crippen LogP contribution >= 0.6 is 15.6 Å². The van der Waals surface area contributed by atoms with E-state index in [0.717, 1.165) is 0 Å². The molecule has 0 aliphatic rings. The molecule has 0 amide bonds. The van der Waals surface area contributed by atoms with Gasteiger partial charge in [-0.2, -0.15) is 0 Å². The molecule has 0 saturated carbocycles. The Morgan fingerprint density at radius 3 is 1.00 bits per heavy atom. The lowest BCUT2D eigenvalue weighted by atomic mass is 10.2. The molecular formula is C16H40O8P2. The average Bonchev–Trinajstić information content (AvgIpc) is 2.51. The van der Waals surface area contributed by atoms with Crippen LogP contribution in [0.15, 0.2) is 12.2 Å². The molecule has 0 rings (SSSR count). The largest absolute Gasteiger partial charge is 0.469 e. The van der Waals surface area contributed by atoms with Gasteiger partial charge in [-0.25, -0.2) is 9.13 Å². The van der Waals surface area contributed by atoms with Gasteiger partial charge in [0.15, 0.2) is 0 Å². The molecule has 0 bridgehead atoms. The molecular weight excluding hydrogens is 382 g/mol. The van der Waals surface area contributed by atoms with Crippen LogP contribution in [0.1, 0.15) is 68.2 Å². The van der Waals surface area contributed by atoms with Crippen molar-refractivity contribution in [3.05, 3.63) is 12.2 Å². The van der Waals surface area contributed by atoms with Crippen molar-refractivity contribution in [3.63, 3.8) is 0 Å². The molecule has 0 fully saturated rings. The number of phosphoric acid groups is 2. The fourth-order valence-electron chi connectivity index (χ4n) is 0.492. The van der Waals surface area contributed by atoms with E-state index < -0.39 is 15.6 Å². The normalized spacial score (nSPS) is 11.3. The van der Waals surface area contributed by atoms with Crippen LogP contribution in [0.3, 0.4) is 0 Å². The lowest BCUT2D eigenvalue weighted by Crippen LogP contribution is -1.99. The number of rotatable bonds is 7. The third kappa shape index (κ3) is 64.8. The molecule has 26 heavy (non-hydrogen) atoms. The topological polar surface area (TPSA) is 134 Å². The lowest BCUT2D eigenvalue weighted by molar-refractivity contribution is 0.176. The van der Waals surface area contributed by atoms with Gasteiger partial charge in [0.2, 0.25) is 0 Å². The predicted octanol–water partition coefficient (Wildman–Crippen LogP) is 4.89. The summed E-state index contributed by atoms with van der Waals surface area (Å²) in [4.78, 5) is 32.6. The fourth-order valence-corrected chi connectivity index (χ4v) is 1.48. The minimum atomic E-state index is -4.22. The molecule has 0 spiro atoms. The summed E-state index contributed by atoms with van der Waals surface area (Å²) in [5.41, 5.74) is 0. The van der Waals surface area contributed by atoms with Gasteiger partial charge in [-0.1, -0.05) is 66.5 Å². The quantitative estimate of drug-likeness (QED) is 0.336. The molecule has 4 N–H and O–H groups in total. The average molecular weight is 422 g/mol. The van der Waals surface area contributed by atoms with Gasteiger partial charge in [0, 0.05) is 0 Å². The SMILES string of the molecule is C/C=C/C.CC(C)COP(=O)(O)O.CC(C)COP(=O)(O)O.CCCC. The van der Waals surface area contributed by atoms with Crippen LogP contribution < -0.4 is 0 Å². The number of allylic oxidation sites excluding steroid dienone is 2. The Hall–Kier alpha value is -0.0400. The molecule has 0 radical (unpaired) electrons. The van der Waals surface area contributed by atoms with Crippen LogP contribution in [0.5, 0.6) is 0 Å². The minimum absolute atomic E-state index is 0.101. The molecule has 10 heteroatoms. The van der Waals surface area contributed by atoms with E-state index in [4.69, 9.17) is 19.6 Å². The van der Waals surface area contributed by atoms with E-state index in [2.05, 4.69) is 22.9 Å². The summed E-state index contributed by atoms with van der Waals surface area (Å²) >= 11 is 0. The van der Waals surface area contributed by atoms with Gasteiger partial charge >= 0.3 is 15.6 Å². The molecule has 0 aromatic rings. The first-order valence-corrected chi connectivity index (χ1v) is 11.7. The molecule has 0 aliphatic carbocycles. The molecule has 0 saturated heterocycles. The van der Waals surface area contributed by atoms with Crippen molar-refractivity contribution in [2.45, 2.75) is 68.2 Å². The highest BCUT2D eigenvalue weighted by Gasteiger charge is 2.14. The van der Waals surface area contributed by atoms with E-state index in [1.54, 1.807) is 0 Å². The van der Waals surface area contributed by atoms with Gasteiger partial charge in [0.1, 0.15) is 0 Å². The summed E-state index contributed by atoms with van der Waals surface area (Å²) in [7, 11) is -8.44. The van der Waals surface area contributed by atoms with Crippen LogP contribution in [0.25, 0.3) is 0 Å². The zero-order valence-electron chi connectivity index (χ0n) is 17.5. The van der Waals surface area contributed by atoms with Crippen molar-refractivity contribution in [1.29, 1.82) is 0 Å². The second-order valence-corrected chi connectivity index (χ2v) is 8.51. The maximum atomic E-state index is 10.0. The Labute approximate surface area is 159 Å². The van der Waals surface area contributed by atoms with Gasteiger partial charge in [-0.3, -0.25) is 9.05 Å². The number of phosphoric ester groups is 2. The zero-order chi connectivity index (χ0) is 21.8. The minimum Gasteiger partial charge on any atom is -0.303 e. The lowest BCUT2D eigenvalue weighted by Gasteiger charge is -2.06. The molecule has 0 atom stereocenters. The third-order valence-electron chi connectivity index (χ3n) is 1.99. The van der Waals surface area contributed by atoms with E-state index in [9.17, 15) is 9.13 Å². The molecule has 0 aliphatic heterocycles. The van der Waals surface area contributed by atoms with Gasteiger partial charge < -0.3 is 19.6 Å². The van der Waals surface area contributed by atoms with E-state index in [1.165, 1.54) is 12.8 Å². The smallest absolute Gasteiger partial charge is 0.303 e. The fraction of sp³-hybridized carbons (Fsp3) is 0.875. The van der Waals surface area contributed by atoms with Crippen molar-refractivity contribution < 1.29 is 37.8 Å². The summed E-state index contributed by atoms with van der Waals surface area (Å²) in [6, 6.07) is 0. The Bertz CT molecular complexity index is 350. The van der Waals surface area contributed by atoms with Crippen LogP contribution in [0.2, 0.25) is 0 Å². The van der Waals surface area contributed by atoms with Crippen LogP contribution in [0, 0.1) is 11.8 Å². The highest BCUT2D eigenvalue weighted by Crippen LogP contribution is 2.36. The number of hydrogen-bond acceptors (Lipinski definition) is 4. The standard InChI is InChI=1S/2C4H11O4P.C4H10.C4H8/c2*1-4(2)3-8-9(5,6)7;2*1-3-4-2/h2*4H,3H2,1-2H3,(H2,5,6,7);3-4H2,1-2H3;3-4H,1-2H3/b;;;4-3+. The Morgan fingerprint density at radius 1 is 0.731 bits per heavy atom. The van der Waals surface area contributed by atoms with Gasteiger partial charge in [-0.15, -0.1) is 0 Å². The van der Waals surface area contributed by atoms with Crippen LogP contribution in [-0.4, -0.2) is 32.8 Å². The maximum Gasteiger partial charge on any atom is 0.469 e. The van der Waals surface area contributed by atoms with Crippen LogP contribution in [0.4, 0.5) is 0 Å². The molecule has 0 aromatic carbocycles. The first-order chi connectivity index (χ1) is 11.7. The zero-order valence-corrected chi connectivity index (χ0v) is 19.2. The Kier molecular flexibility index (Phi) is 27.4. The van der Waals surface area contributed by atoms with Crippen molar-refractivity contribution in [1.82, 2.24) is 0 Å². The van der Waals surface area contributed by atoms with E-state index >= 15 is 0 Å². The highest BCUT2D eigenvalue weighted by atomic mass is 31.2. The van der Waals surface area contributed by atoms with Crippen LogP contribution in [-0.2, 0) is 18.2 Å². The molecule has 8 nitrogen and oxygen atoms in total. The van der Waals surface area contributed by atoms with Crippen molar-refractivity contribution in [2.24, 2.45) is 11.8 Å². The predicted molar refractivity (Wildman–Crippen MR) is 107 cm³/mol.